The summed E-state index contributed by atoms with van der Waals surface area (Å²) in [5, 5.41) is 13.8. The molecule has 0 aromatic rings. The molecule has 0 heterocycles. The molecule has 0 saturated heterocycles. The SMILES string of the molecule is CCCC(=O)CN(C(=O)C(C)(C)CC(C)(C)O)C(C)(C)COC(C)(C)C(C)(C)CC(C)(C)NC. The zero-order chi connectivity index (χ0) is 27.4. The number of aliphatic hydroxyl groups is 1. The van der Waals surface area contributed by atoms with Gasteiger partial charge in [0.25, 0.3) is 0 Å². The molecule has 0 aromatic carbocycles. The molecule has 0 aromatic heterocycles. The largest absolute Gasteiger partial charge is 0.390 e. The second kappa shape index (κ2) is 11.4. The summed E-state index contributed by atoms with van der Waals surface area (Å²) < 4.78 is 6.55. The van der Waals surface area contributed by atoms with Crippen LogP contribution >= 0.6 is 0 Å². The van der Waals surface area contributed by atoms with E-state index in [1.54, 1.807) is 18.7 Å². The van der Waals surface area contributed by atoms with Gasteiger partial charge in [-0.05, 0) is 87.1 Å². The van der Waals surface area contributed by atoms with E-state index in [4.69, 9.17) is 4.74 Å². The number of nitrogens with one attached hydrogen (secondary N) is 1. The molecule has 0 rings (SSSR count). The predicted octanol–water partition coefficient (Wildman–Crippen LogP) is 5.36. The number of rotatable bonds is 15. The lowest BCUT2D eigenvalue weighted by Crippen LogP contribution is -2.58. The molecule has 0 atom stereocenters. The summed E-state index contributed by atoms with van der Waals surface area (Å²) in [6.07, 6.45) is 2.38. The fourth-order valence-electron chi connectivity index (χ4n) is 4.65. The molecule has 0 aliphatic rings. The van der Waals surface area contributed by atoms with Gasteiger partial charge in [-0.2, -0.15) is 0 Å². The first-order chi connectivity index (χ1) is 14.9. The zero-order valence-corrected chi connectivity index (χ0v) is 24.9. The summed E-state index contributed by atoms with van der Waals surface area (Å²) in [5.74, 6) is -0.0978. The van der Waals surface area contributed by atoms with Crippen molar-refractivity contribution in [2.45, 2.75) is 138 Å². The standard InChI is InChI=1S/C28H56N2O4/c1-15-16-21(31)17-30(22(32)23(2,3)18-27(10,11)33)26(8,9)20-34-28(12,13)24(4,5)19-25(6,7)29-14/h29,33H,15-20H2,1-14H3. The Balaban J connectivity index is 5.93. The molecule has 34 heavy (non-hydrogen) atoms. The van der Waals surface area contributed by atoms with Crippen LogP contribution in [0.15, 0.2) is 0 Å². The summed E-state index contributed by atoms with van der Waals surface area (Å²) in [7, 11) is 1.97. The lowest BCUT2D eigenvalue weighted by Gasteiger charge is -2.49. The van der Waals surface area contributed by atoms with Gasteiger partial charge in [-0.15, -0.1) is 0 Å². The highest BCUT2D eigenvalue weighted by Gasteiger charge is 2.45. The molecular weight excluding hydrogens is 428 g/mol. The van der Waals surface area contributed by atoms with Gasteiger partial charge in [-0.3, -0.25) is 9.59 Å². The molecule has 0 fully saturated rings. The number of carbonyl (C=O) groups excluding carboxylic acids is 2. The third kappa shape index (κ3) is 9.94. The topological polar surface area (TPSA) is 78.9 Å². The lowest BCUT2D eigenvalue weighted by molar-refractivity contribution is -0.164. The van der Waals surface area contributed by atoms with Crippen molar-refractivity contribution >= 4 is 11.7 Å². The van der Waals surface area contributed by atoms with E-state index >= 15 is 0 Å². The number of hydrogen-bond acceptors (Lipinski definition) is 5. The number of ether oxygens (including phenoxy) is 1. The fourth-order valence-corrected chi connectivity index (χ4v) is 4.65. The van der Waals surface area contributed by atoms with Crippen LogP contribution in [0, 0.1) is 10.8 Å². The average Bonchev–Trinajstić information content (AvgIpc) is 2.61. The molecule has 6 nitrogen and oxygen atoms in total. The maximum Gasteiger partial charge on any atom is 0.229 e. The highest BCUT2D eigenvalue weighted by Crippen LogP contribution is 2.41. The molecule has 6 heteroatoms. The van der Waals surface area contributed by atoms with Gasteiger partial charge in [0, 0.05) is 17.4 Å². The van der Waals surface area contributed by atoms with Gasteiger partial charge >= 0.3 is 0 Å². The zero-order valence-electron chi connectivity index (χ0n) is 24.9. The lowest BCUT2D eigenvalue weighted by atomic mass is 9.69. The molecule has 1 amide bonds. The highest BCUT2D eigenvalue weighted by atomic mass is 16.5. The number of Topliss-reactive ketones (excluding diaryl/α,β-unsaturated/α-hetero) is 1. The van der Waals surface area contributed by atoms with Crippen molar-refractivity contribution in [3.05, 3.63) is 0 Å². The van der Waals surface area contributed by atoms with Crippen LogP contribution < -0.4 is 5.32 Å². The number of nitrogens with zero attached hydrogens (tertiary/aromatic N) is 1. The third-order valence-corrected chi connectivity index (χ3v) is 7.27. The van der Waals surface area contributed by atoms with E-state index in [-0.39, 0.29) is 29.2 Å². The van der Waals surface area contributed by atoms with Crippen molar-refractivity contribution in [1.82, 2.24) is 10.2 Å². The van der Waals surface area contributed by atoms with Crippen molar-refractivity contribution in [3.63, 3.8) is 0 Å². The monoisotopic (exact) mass is 484 g/mol. The number of carbonyl (C=O) groups is 2. The molecule has 0 radical (unpaired) electrons. The first-order valence-electron chi connectivity index (χ1n) is 12.8. The number of hydrogen-bond donors (Lipinski definition) is 2. The minimum absolute atomic E-state index is 0.0401. The van der Waals surface area contributed by atoms with E-state index < -0.39 is 22.2 Å². The van der Waals surface area contributed by atoms with Crippen molar-refractivity contribution in [1.29, 1.82) is 0 Å². The Morgan fingerprint density at radius 1 is 0.882 bits per heavy atom. The van der Waals surface area contributed by atoms with E-state index in [1.165, 1.54) is 0 Å². The smallest absolute Gasteiger partial charge is 0.229 e. The second-order valence-electron chi connectivity index (χ2n) is 13.9. The molecular formula is C28H56N2O4. The van der Waals surface area contributed by atoms with Crippen molar-refractivity contribution < 1.29 is 19.4 Å². The van der Waals surface area contributed by atoms with Gasteiger partial charge < -0.3 is 20.1 Å². The Labute approximate surface area is 210 Å². The summed E-state index contributed by atoms with van der Waals surface area (Å²) in [6, 6.07) is 0. The van der Waals surface area contributed by atoms with Crippen LogP contribution in [0.4, 0.5) is 0 Å². The summed E-state index contributed by atoms with van der Waals surface area (Å²) in [6.45, 7) is 26.3. The van der Waals surface area contributed by atoms with Crippen LogP contribution in [-0.4, -0.2) is 64.2 Å². The molecule has 202 valence electrons. The van der Waals surface area contributed by atoms with Crippen LogP contribution in [0.3, 0.4) is 0 Å². The first kappa shape index (κ1) is 33.0. The third-order valence-electron chi connectivity index (χ3n) is 7.27. The predicted molar refractivity (Wildman–Crippen MR) is 142 cm³/mol. The van der Waals surface area contributed by atoms with E-state index in [2.05, 4.69) is 46.9 Å². The Morgan fingerprint density at radius 3 is 1.79 bits per heavy atom. The average molecular weight is 485 g/mol. The minimum atomic E-state index is -0.995. The Bertz CT molecular complexity index is 685. The Hall–Kier alpha value is -0.980. The number of amides is 1. The fraction of sp³-hybridized carbons (Fsp3) is 0.929. The van der Waals surface area contributed by atoms with Crippen LogP contribution in [0.2, 0.25) is 0 Å². The van der Waals surface area contributed by atoms with E-state index in [0.29, 0.717) is 19.4 Å². The van der Waals surface area contributed by atoms with Gasteiger partial charge in [-0.1, -0.05) is 34.6 Å². The van der Waals surface area contributed by atoms with E-state index in [1.807, 2.05) is 41.7 Å². The summed E-state index contributed by atoms with van der Waals surface area (Å²) in [4.78, 5) is 28.1. The van der Waals surface area contributed by atoms with E-state index in [0.717, 1.165) is 12.8 Å². The van der Waals surface area contributed by atoms with Gasteiger partial charge in [0.05, 0.1) is 29.9 Å². The molecule has 0 spiro atoms. The quantitative estimate of drug-likeness (QED) is 0.327. The Kier molecular flexibility index (Phi) is 11.1. The van der Waals surface area contributed by atoms with Gasteiger partial charge in [0.1, 0.15) is 0 Å². The maximum absolute atomic E-state index is 13.8. The van der Waals surface area contributed by atoms with Crippen LogP contribution in [0.25, 0.3) is 0 Å². The van der Waals surface area contributed by atoms with Gasteiger partial charge in [0.15, 0.2) is 5.78 Å². The van der Waals surface area contributed by atoms with Crippen LogP contribution in [-0.2, 0) is 14.3 Å². The minimum Gasteiger partial charge on any atom is -0.390 e. The van der Waals surface area contributed by atoms with Crippen LogP contribution in [0.1, 0.15) is 116 Å². The maximum atomic E-state index is 13.8. The second-order valence-corrected chi connectivity index (χ2v) is 13.9. The van der Waals surface area contributed by atoms with Crippen LogP contribution in [0.5, 0.6) is 0 Å². The van der Waals surface area contributed by atoms with Gasteiger partial charge in [0.2, 0.25) is 5.91 Å². The molecule has 0 aliphatic carbocycles. The molecule has 0 saturated carbocycles. The first-order valence-corrected chi connectivity index (χ1v) is 12.8. The molecule has 0 aliphatic heterocycles. The molecule has 0 unspecified atom stereocenters. The highest BCUT2D eigenvalue weighted by molar-refractivity contribution is 5.89. The summed E-state index contributed by atoms with van der Waals surface area (Å²) in [5.41, 5.74) is -3.19. The van der Waals surface area contributed by atoms with Crippen molar-refractivity contribution in [3.8, 4) is 0 Å². The van der Waals surface area contributed by atoms with Crippen molar-refractivity contribution in [2.24, 2.45) is 10.8 Å². The van der Waals surface area contributed by atoms with Gasteiger partial charge in [-0.25, -0.2) is 0 Å². The number of ketones is 1. The molecule has 0 bridgehead atoms. The summed E-state index contributed by atoms with van der Waals surface area (Å²) >= 11 is 0. The Morgan fingerprint density at radius 2 is 1.38 bits per heavy atom. The normalized spacial score (nSPS) is 14.3. The van der Waals surface area contributed by atoms with E-state index in [9.17, 15) is 14.7 Å². The molecule has 2 N–H and O–H groups in total. The van der Waals surface area contributed by atoms with Crippen molar-refractivity contribution in [2.75, 3.05) is 20.2 Å².